The quantitative estimate of drug-likeness (QED) is 0.700. The second-order valence-electron chi connectivity index (χ2n) is 3.11. The smallest absolute Gasteiger partial charge is 0.381 e. The van der Waals surface area contributed by atoms with Crippen LogP contribution in [0, 0.1) is 5.92 Å². The zero-order chi connectivity index (χ0) is 9.19. The fourth-order valence-electron chi connectivity index (χ4n) is 1.32. The van der Waals surface area contributed by atoms with Gasteiger partial charge < -0.3 is 10.5 Å². The van der Waals surface area contributed by atoms with E-state index < -0.39 is 18.6 Å². The third kappa shape index (κ3) is 2.98. The van der Waals surface area contributed by atoms with E-state index in [1.807, 2.05) is 0 Å². The van der Waals surface area contributed by atoms with Gasteiger partial charge in [-0.3, -0.25) is 0 Å². The lowest BCUT2D eigenvalue weighted by atomic mass is 9.97. The predicted octanol–water partition coefficient (Wildman–Crippen LogP) is 1.30. The second kappa shape index (κ2) is 3.62. The first-order valence-corrected chi connectivity index (χ1v) is 3.89. The molecular formula is C7H12F3NO. The van der Waals surface area contributed by atoms with Gasteiger partial charge in [-0.15, -0.1) is 0 Å². The fourth-order valence-corrected chi connectivity index (χ4v) is 1.32. The number of rotatable bonds is 2. The molecule has 0 bridgehead atoms. The van der Waals surface area contributed by atoms with Crippen LogP contribution in [-0.4, -0.2) is 25.4 Å². The Kier molecular flexibility index (Phi) is 2.95. The van der Waals surface area contributed by atoms with Crippen molar-refractivity contribution in [3.8, 4) is 0 Å². The van der Waals surface area contributed by atoms with E-state index in [-0.39, 0.29) is 5.92 Å². The molecule has 0 saturated carbocycles. The second-order valence-corrected chi connectivity index (χ2v) is 3.11. The van der Waals surface area contributed by atoms with Crippen molar-refractivity contribution in [2.75, 3.05) is 13.2 Å². The van der Waals surface area contributed by atoms with E-state index in [0.717, 1.165) is 0 Å². The Bertz CT molecular complexity index is 142. The lowest BCUT2D eigenvalue weighted by Crippen LogP contribution is -2.35. The molecule has 0 radical (unpaired) electrons. The molecule has 2 nitrogen and oxygen atoms in total. The largest absolute Gasteiger partial charge is 0.390 e. The van der Waals surface area contributed by atoms with Crippen LogP contribution in [0.1, 0.15) is 12.8 Å². The van der Waals surface area contributed by atoms with Gasteiger partial charge in [0, 0.05) is 12.6 Å². The van der Waals surface area contributed by atoms with Gasteiger partial charge in [-0.2, -0.15) is 13.2 Å². The highest BCUT2D eigenvalue weighted by molar-refractivity contribution is 4.78. The zero-order valence-corrected chi connectivity index (χ0v) is 6.60. The molecule has 5 heteroatoms. The SMILES string of the molecule is N[C@H](CC(F)(F)F)C1CCOC1. The average Bonchev–Trinajstić information content (AvgIpc) is 2.32. The van der Waals surface area contributed by atoms with Crippen LogP contribution in [-0.2, 0) is 4.74 Å². The van der Waals surface area contributed by atoms with Crippen LogP contribution in [0.4, 0.5) is 13.2 Å². The molecule has 0 spiro atoms. The Hall–Kier alpha value is -0.290. The molecule has 12 heavy (non-hydrogen) atoms. The molecule has 0 aromatic heterocycles. The number of ether oxygens (including phenoxy) is 1. The lowest BCUT2D eigenvalue weighted by Gasteiger charge is -2.18. The topological polar surface area (TPSA) is 35.2 Å². The molecule has 2 atom stereocenters. The van der Waals surface area contributed by atoms with Gasteiger partial charge in [0.25, 0.3) is 0 Å². The van der Waals surface area contributed by atoms with E-state index in [0.29, 0.717) is 19.6 Å². The van der Waals surface area contributed by atoms with E-state index in [1.54, 1.807) is 0 Å². The molecule has 1 rings (SSSR count). The normalized spacial score (nSPS) is 27.5. The minimum atomic E-state index is -4.15. The summed E-state index contributed by atoms with van der Waals surface area (Å²) < 4.78 is 40.5. The molecule has 1 saturated heterocycles. The summed E-state index contributed by atoms with van der Waals surface area (Å²) in [7, 11) is 0. The Labute approximate surface area is 68.9 Å². The molecule has 1 fully saturated rings. The summed E-state index contributed by atoms with van der Waals surface area (Å²) in [4.78, 5) is 0. The summed E-state index contributed by atoms with van der Waals surface area (Å²) in [6, 6.07) is -0.799. The monoisotopic (exact) mass is 183 g/mol. The molecule has 2 N–H and O–H groups in total. The van der Waals surface area contributed by atoms with Crippen LogP contribution in [0.25, 0.3) is 0 Å². The van der Waals surface area contributed by atoms with Crippen molar-refractivity contribution < 1.29 is 17.9 Å². The van der Waals surface area contributed by atoms with E-state index >= 15 is 0 Å². The summed E-state index contributed by atoms with van der Waals surface area (Å²) in [5.74, 6) is -0.119. The van der Waals surface area contributed by atoms with Gasteiger partial charge >= 0.3 is 6.18 Å². The van der Waals surface area contributed by atoms with Crippen LogP contribution < -0.4 is 5.73 Å². The highest BCUT2D eigenvalue weighted by Crippen LogP contribution is 2.26. The van der Waals surface area contributed by atoms with E-state index in [2.05, 4.69) is 0 Å². The third-order valence-electron chi connectivity index (χ3n) is 2.04. The van der Waals surface area contributed by atoms with E-state index in [1.165, 1.54) is 0 Å². The minimum absolute atomic E-state index is 0.119. The summed E-state index contributed by atoms with van der Waals surface area (Å²) in [6.45, 7) is 0.910. The Morgan fingerprint density at radius 1 is 1.50 bits per heavy atom. The van der Waals surface area contributed by atoms with Gasteiger partial charge in [-0.05, 0) is 12.3 Å². The van der Waals surface area contributed by atoms with E-state index in [4.69, 9.17) is 10.5 Å². The summed E-state index contributed by atoms with van der Waals surface area (Å²) in [5.41, 5.74) is 5.37. The van der Waals surface area contributed by atoms with Crippen molar-refractivity contribution in [2.45, 2.75) is 25.1 Å². The molecule has 1 aliphatic rings. The lowest BCUT2D eigenvalue weighted by molar-refractivity contribution is -0.140. The first-order chi connectivity index (χ1) is 5.49. The van der Waals surface area contributed by atoms with Crippen molar-refractivity contribution in [1.29, 1.82) is 0 Å². The Morgan fingerprint density at radius 3 is 2.58 bits per heavy atom. The van der Waals surface area contributed by atoms with Gasteiger partial charge in [0.1, 0.15) is 0 Å². The van der Waals surface area contributed by atoms with Crippen LogP contribution in [0.5, 0.6) is 0 Å². The molecular weight excluding hydrogens is 171 g/mol. The van der Waals surface area contributed by atoms with Crippen molar-refractivity contribution in [1.82, 2.24) is 0 Å². The standard InChI is InChI=1S/C7H12F3NO/c8-7(9,10)3-6(11)5-1-2-12-4-5/h5-6H,1-4,11H2/t5?,6-/m1/s1. The maximum Gasteiger partial charge on any atom is 0.390 e. The Balaban J connectivity index is 2.31. The highest BCUT2D eigenvalue weighted by Gasteiger charge is 2.34. The Morgan fingerprint density at radius 2 is 2.17 bits per heavy atom. The van der Waals surface area contributed by atoms with E-state index in [9.17, 15) is 13.2 Å². The van der Waals surface area contributed by atoms with Gasteiger partial charge in [0.15, 0.2) is 0 Å². The first kappa shape index (κ1) is 9.80. The minimum Gasteiger partial charge on any atom is -0.381 e. The number of halogens is 3. The molecule has 1 heterocycles. The van der Waals surface area contributed by atoms with Crippen molar-refractivity contribution >= 4 is 0 Å². The summed E-state index contributed by atoms with van der Waals surface area (Å²) in [6.07, 6.45) is -4.40. The number of alkyl halides is 3. The van der Waals surface area contributed by atoms with Crippen LogP contribution >= 0.6 is 0 Å². The molecule has 0 aromatic carbocycles. The summed E-state index contributed by atoms with van der Waals surface area (Å²) in [5, 5.41) is 0. The molecule has 1 unspecified atom stereocenters. The van der Waals surface area contributed by atoms with Crippen LogP contribution in [0.15, 0.2) is 0 Å². The van der Waals surface area contributed by atoms with Gasteiger partial charge in [-0.25, -0.2) is 0 Å². The van der Waals surface area contributed by atoms with Crippen molar-refractivity contribution in [2.24, 2.45) is 11.7 Å². The van der Waals surface area contributed by atoms with Crippen LogP contribution in [0.3, 0.4) is 0 Å². The van der Waals surface area contributed by atoms with Crippen molar-refractivity contribution in [3.63, 3.8) is 0 Å². The maximum atomic E-state index is 11.8. The zero-order valence-electron chi connectivity index (χ0n) is 6.60. The molecule has 72 valence electrons. The molecule has 0 amide bonds. The molecule has 0 aromatic rings. The number of hydrogen-bond acceptors (Lipinski definition) is 2. The molecule has 1 aliphatic heterocycles. The number of nitrogens with two attached hydrogens (primary N) is 1. The van der Waals surface area contributed by atoms with Gasteiger partial charge in [0.2, 0.25) is 0 Å². The summed E-state index contributed by atoms with van der Waals surface area (Å²) >= 11 is 0. The maximum absolute atomic E-state index is 11.8. The molecule has 0 aliphatic carbocycles. The first-order valence-electron chi connectivity index (χ1n) is 3.89. The van der Waals surface area contributed by atoms with Gasteiger partial charge in [0.05, 0.1) is 13.0 Å². The number of hydrogen-bond donors (Lipinski definition) is 1. The van der Waals surface area contributed by atoms with Crippen molar-refractivity contribution in [3.05, 3.63) is 0 Å². The highest BCUT2D eigenvalue weighted by atomic mass is 19.4. The average molecular weight is 183 g/mol. The van der Waals surface area contributed by atoms with Crippen LogP contribution in [0.2, 0.25) is 0 Å². The predicted molar refractivity (Wildman–Crippen MR) is 37.6 cm³/mol. The fraction of sp³-hybridized carbons (Fsp3) is 1.00. The third-order valence-corrected chi connectivity index (χ3v) is 2.04. The van der Waals surface area contributed by atoms with Gasteiger partial charge in [-0.1, -0.05) is 0 Å².